The van der Waals surface area contributed by atoms with Crippen molar-refractivity contribution in [2.75, 3.05) is 0 Å². The zero-order chi connectivity index (χ0) is 15.8. The summed E-state index contributed by atoms with van der Waals surface area (Å²) in [6, 6.07) is 4.30. The van der Waals surface area contributed by atoms with Crippen LogP contribution in [0.2, 0.25) is 0 Å². The highest BCUT2D eigenvalue weighted by Crippen LogP contribution is 2.30. The van der Waals surface area contributed by atoms with Gasteiger partial charge in [0.25, 0.3) is 0 Å². The molecule has 1 heterocycles. The molecule has 2 rings (SSSR count). The molecule has 1 aromatic carbocycles. The molecule has 0 aliphatic heterocycles. The fraction of sp³-hybridized carbons (Fsp3) is 0.308. The van der Waals surface area contributed by atoms with Crippen LogP contribution in [0.4, 0.5) is 13.2 Å². The Balaban J connectivity index is 2.50. The lowest BCUT2D eigenvalue weighted by atomic mass is 10.1. The van der Waals surface area contributed by atoms with Gasteiger partial charge in [0.15, 0.2) is 5.69 Å². The molecule has 112 valence electrons. The highest BCUT2D eigenvalue weighted by molar-refractivity contribution is 5.86. The van der Waals surface area contributed by atoms with Gasteiger partial charge in [0.2, 0.25) is 0 Å². The van der Waals surface area contributed by atoms with Crippen molar-refractivity contribution in [1.82, 2.24) is 15.0 Å². The van der Waals surface area contributed by atoms with Crippen LogP contribution in [0.25, 0.3) is 5.69 Å². The Bertz CT molecular complexity index is 660. The summed E-state index contributed by atoms with van der Waals surface area (Å²) in [6.45, 7) is 3.51. The van der Waals surface area contributed by atoms with E-state index >= 15 is 0 Å². The number of nitrogens with zero attached hydrogens (tertiary/aromatic N) is 3. The molecule has 0 unspecified atom stereocenters. The summed E-state index contributed by atoms with van der Waals surface area (Å²) < 4.78 is 38.8. The van der Waals surface area contributed by atoms with Gasteiger partial charge < -0.3 is 5.11 Å². The molecule has 21 heavy (non-hydrogen) atoms. The second-order valence-electron chi connectivity index (χ2n) is 4.74. The number of carboxylic acids is 1. The van der Waals surface area contributed by atoms with Gasteiger partial charge in [-0.15, -0.1) is 5.10 Å². The summed E-state index contributed by atoms with van der Waals surface area (Å²) >= 11 is 0. The largest absolute Gasteiger partial charge is 0.476 e. The van der Waals surface area contributed by atoms with Gasteiger partial charge in [0.05, 0.1) is 16.9 Å². The summed E-state index contributed by atoms with van der Waals surface area (Å²) in [5.74, 6) is -1.43. The fourth-order valence-electron chi connectivity index (χ4n) is 1.94. The van der Waals surface area contributed by atoms with Crippen molar-refractivity contribution >= 4 is 5.97 Å². The molecule has 1 N–H and O–H groups in total. The van der Waals surface area contributed by atoms with E-state index in [2.05, 4.69) is 10.3 Å². The number of aromatic nitrogens is 3. The van der Waals surface area contributed by atoms with E-state index in [0.29, 0.717) is 11.4 Å². The molecule has 0 fully saturated rings. The molecule has 0 saturated heterocycles. The second-order valence-corrected chi connectivity index (χ2v) is 4.74. The van der Waals surface area contributed by atoms with Crippen molar-refractivity contribution in [1.29, 1.82) is 0 Å². The Kier molecular flexibility index (Phi) is 3.71. The van der Waals surface area contributed by atoms with Gasteiger partial charge in [-0.1, -0.05) is 19.1 Å². The first-order chi connectivity index (χ1) is 9.71. The number of halogens is 3. The molecule has 0 bridgehead atoms. The summed E-state index contributed by atoms with van der Waals surface area (Å²) in [4.78, 5) is 11.1. The number of benzene rings is 1. The molecular formula is C13H12F3N3O2. The molecule has 0 atom stereocenters. The number of carboxylic acid groups (broad SMARTS) is 1. The predicted molar refractivity (Wildman–Crippen MR) is 67.4 cm³/mol. The van der Waals surface area contributed by atoms with E-state index in [1.54, 1.807) is 13.8 Å². The molecule has 0 saturated carbocycles. The first-order valence-electron chi connectivity index (χ1n) is 6.08. The van der Waals surface area contributed by atoms with Gasteiger partial charge in [0, 0.05) is 0 Å². The lowest BCUT2D eigenvalue weighted by Gasteiger charge is -2.11. The van der Waals surface area contributed by atoms with Crippen LogP contribution < -0.4 is 0 Å². The SMILES string of the molecule is CC(C)c1c(C(=O)O)nnn1-c1ccc(C(F)(F)F)cc1. The third-order valence-electron chi connectivity index (χ3n) is 2.89. The first-order valence-corrected chi connectivity index (χ1v) is 6.08. The van der Waals surface area contributed by atoms with E-state index in [4.69, 9.17) is 5.11 Å². The first kappa shape index (κ1) is 15.0. The minimum absolute atomic E-state index is 0.201. The summed E-state index contributed by atoms with van der Waals surface area (Å²) in [6.07, 6.45) is -4.42. The molecule has 0 spiro atoms. The lowest BCUT2D eigenvalue weighted by molar-refractivity contribution is -0.137. The Morgan fingerprint density at radius 1 is 1.24 bits per heavy atom. The van der Waals surface area contributed by atoms with Gasteiger partial charge in [-0.2, -0.15) is 13.2 Å². The Hall–Kier alpha value is -2.38. The van der Waals surface area contributed by atoms with E-state index in [1.165, 1.54) is 16.8 Å². The van der Waals surface area contributed by atoms with Crippen LogP contribution in [0.3, 0.4) is 0 Å². The number of hydrogen-bond acceptors (Lipinski definition) is 3. The van der Waals surface area contributed by atoms with Crippen LogP contribution in [-0.2, 0) is 6.18 Å². The number of alkyl halides is 3. The molecule has 0 radical (unpaired) electrons. The zero-order valence-corrected chi connectivity index (χ0v) is 11.2. The quantitative estimate of drug-likeness (QED) is 0.945. The van der Waals surface area contributed by atoms with Crippen LogP contribution in [0.15, 0.2) is 24.3 Å². The fourth-order valence-corrected chi connectivity index (χ4v) is 1.94. The number of aromatic carboxylic acids is 1. The number of rotatable bonds is 3. The molecule has 5 nitrogen and oxygen atoms in total. The maximum Gasteiger partial charge on any atom is 0.416 e. The van der Waals surface area contributed by atoms with Crippen LogP contribution in [0.1, 0.15) is 41.5 Å². The average Bonchev–Trinajstić information content (AvgIpc) is 2.82. The molecule has 0 aliphatic carbocycles. The van der Waals surface area contributed by atoms with E-state index in [1.807, 2.05) is 0 Å². The molecule has 1 aromatic heterocycles. The Labute approximate surface area is 118 Å². The van der Waals surface area contributed by atoms with E-state index in [-0.39, 0.29) is 11.6 Å². The van der Waals surface area contributed by atoms with Gasteiger partial charge in [-0.05, 0) is 30.2 Å². The maximum absolute atomic E-state index is 12.5. The van der Waals surface area contributed by atoms with E-state index in [9.17, 15) is 18.0 Å². The zero-order valence-electron chi connectivity index (χ0n) is 11.2. The van der Waals surface area contributed by atoms with E-state index < -0.39 is 17.7 Å². The minimum Gasteiger partial charge on any atom is -0.476 e. The smallest absolute Gasteiger partial charge is 0.416 e. The monoisotopic (exact) mass is 299 g/mol. The molecule has 2 aromatic rings. The molecule has 8 heteroatoms. The molecular weight excluding hydrogens is 287 g/mol. The summed E-state index contributed by atoms with van der Waals surface area (Å²) in [7, 11) is 0. The summed E-state index contributed by atoms with van der Waals surface area (Å²) in [5.41, 5.74) is -0.324. The molecule has 0 amide bonds. The van der Waals surface area contributed by atoms with Gasteiger partial charge in [-0.25, -0.2) is 9.48 Å². The predicted octanol–water partition coefficient (Wildman–Crippen LogP) is 3.11. The third kappa shape index (κ3) is 2.88. The van der Waals surface area contributed by atoms with Gasteiger partial charge in [-0.3, -0.25) is 0 Å². The maximum atomic E-state index is 12.5. The van der Waals surface area contributed by atoms with E-state index in [0.717, 1.165) is 12.1 Å². The Morgan fingerprint density at radius 2 is 1.81 bits per heavy atom. The van der Waals surface area contributed by atoms with Crippen molar-refractivity contribution in [2.45, 2.75) is 25.9 Å². The summed E-state index contributed by atoms with van der Waals surface area (Å²) in [5, 5.41) is 16.4. The van der Waals surface area contributed by atoms with Crippen molar-refractivity contribution in [2.24, 2.45) is 0 Å². The van der Waals surface area contributed by atoms with Crippen molar-refractivity contribution in [3.8, 4) is 5.69 Å². The molecule has 0 aliphatic rings. The van der Waals surface area contributed by atoms with Crippen molar-refractivity contribution in [3.05, 3.63) is 41.2 Å². The normalized spacial score (nSPS) is 11.9. The van der Waals surface area contributed by atoms with Crippen LogP contribution >= 0.6 is 0 Å². The van der Waals surface area contributed by atoms with Gasteiger partial charge in [0.1, 0.15) is 0 Å². The highest BCUT2D eigenvalue weighted by atomic mass is 19.4. The lowest BCUT2D eigenvalue weighted by Crippen LogP contribution is -2.09. The van der Waals surface area contributed by atoms with Gasteiger partial charge >= 0.3 is 12.1 Å². The topological polar surface area (TPSA) is 68.0 Å². The van der Waals surface area contributed by atoms with Crippen LogP contribution in [0, 0.1) is 0 Å². The van der Waals surface area contributed by atoms with Crippen LogP contribution in [-0.4, -0.2) is 26.1 Å². The van der Waals surface area contributed by atoms with Crippen molar-refractivity contribution < 1.29 is 23.1 Å². The minimum atomic E-state index is -4.42. The van der Waals surface area contributed by atoms with Crippen LogP contribution in [0.5, 0.6) is 0 Å². The number of hydrogen-bond donors (Lipinski definition) is 1. The standard InChI is InChI=1S/C13H12F3N3O2/c1-7(2)11-10(12(20)21)17-18-19(11)9-5-3-8(4-6-9)13(14,15)16/h3-7H,1-2H3,(H,20,21). The van der Waals surface area contributed by atoms with Crippen molar-refractivity contribution in [3.63, 3.8) is 0 Å². The number of carbonyl (C=O) groups is 1. The Morgan fingerprint density at radius 3 is 2.24 bits per heavy atom. The second kappa shape index (κ2) is 5.19. The average molecular weight is 299 g/mol. The highest BCUT2D eigenvalue weighted by Gasteiger charge is 2.30. The third-order valence-corrected chi connectivity index (χ3v) is 2.89.